The second kappa shape index (κ2) is 6.60. The number of carbonyl (C=O) groups is 1. The lowest BCUT2D eigenvalue weighted by Gasteiger charge is -2.14. The smallest absolute Gasteiger partial charge is 0.253 e. The van der Waals surface area contributed by atoms with Crippen LogP contribution < -0.4 is 11.1 Å². The van der Waals surface area contributed by atoms with Crippen LogP contribution in [0.3, 0.4) is 0 Å². The summed E-state index contributed by atoms with van der Waals surface area (Å²) in [4.78, 5) is 11.8. The number of nitrogens with one attached hydrogen (secondary N) is 1. The van der Waals surface area contributed by atoms with Crippen LogP contribution in [-0.2, 0) is 10.8 Å². The molecule has 1 aromatic rings. The lowest BCUT2D eigenvalue weighted by Crippen LogP contribution is -2.34. The highest BCUT2D eigenvalue weighted by molar-refractivity contribution is 7.84. The molecule has 1 rings (SSSR count). The minimum absolute atomic E-state index is 0.108. The van der Waals surface area contributed by atoms with Gasteiger partial charge in [0.2, 0.25) is 0 Å². The summed E-state index contributed by atoms with van der Waals surface area (Å²) in [5, 5.41) is 2.60. The highest BCUT2D eigenvalue weighted by atomic mass is 32.2. The summed E-state index contributed by atoms with van der Waals surface area (Å²) in [6.07, 6.45) is 2.10. The van der Waals surface area contributed by atoms with E-state index in [-0.39, 0.29) is 17.3 Å². The fourth-order valence-electron chi connectivity index (χ4n) is 1.48. The first kappa shape index (κ1) is 15.6. The Labute approximate surface area is 112 Å². The van der Waals surface area contributed by atoms with Gasteiger partial charge in [0.05, 0.1) is 5.56 Å². The summed E-state index contributed by atoms with van der Waals surface area (Å²) in [5.74, 6) is -2.34. The third-order valence-corrected chi connectivity index (χ3v) is 3.36. The predicted molar refractivity (Wildman–Crippen MR) is 71.2 cm³/mol. The number of rotatable bonds is 5. The Morgan fingerprint density at radius 1 is 1.42 bits per heavy atom. The zero-order valence-electron chi connectivity index (χ0n) is 10.7. The van der Waals surface area contributed by atoms with Gasteiger partial charge in [0, 0.05) is 40.6 Å². The first-order chi connectivity index (χ1) is 8.81. The first-order valence-corrected chi connectivity index (χ1v) is 7.39. The largest absolute Gasteiger partial charge is 0.398 e. The molecule has 0 saturated carbocycles. The topological polar surface area (TPSA) is 72.2 Å². The number of nitrogens with two attached hydrogens (primary N) is 1. The molecule has 0 aliphatic carbocycles. The van der Waals surface area contributed by atoms with E-state index in [2.05, 4.69) is 5.32 Å². The number of hydrogen-bond acceptors (Lipinski definition) is 3. The molecule has 0 aliphatic heterocycles. The second-order valence-corrected chi connectivity index (χ2v) is 5.85. The summed E-state index contributed by atoms with van der Waals surface area (Å²) >= 11 is 0. The Morgan fingerprint density at radius 2 is 2.00 bits per heavy atom. The molecule has 1 amide bonds. The molecule has 0 saturated heterocycles. The minimum atomic E-state index is -1.12. The molecule has 0 aromatic heterocycles. The quantitative estimate of drug-likeness (QED) is 0.806. The number of benzene rings is 1. The maximum atomic E-state index is 13.1. The van der Waals surface area contributed by atoms with Crippen LogP contribution in [0.25, 0.3) is 0 Å². The lowest BCUT2D eigenvalue weighted by molar-refractivity contribution is 0.0940. The molecule has 0 radical (unpaired) electrons. The van der Waals surface area contributed by atoms with Gasteiger partial charge in [-0.15, -0.1) is 0 Å². The van der Waals surface area contributed by atoms with Gasteiger partial charge < -0.3 is 11.1 Å². The van der Waals surface area contributed by atoms with E-state index < -0.39 is 28.3 Å². The summed E-state index contributed by atoms with van der Waals surface area (Å²) in [7, 11) is -0.942. The second-order valence-electron chi connectivity index (χ2n) is 4.29. The van der Waals surface area contributed by atoms with Crippen LogP contribution in [0.5, 0.6) is 0 Å². The fourth-order valence-corrected chi connectivity index (χ4v) is 2.16. The molecule has 0 heterocycles. The van der Waals surface area contributed by atoms with Crippen molar-refractivity contribution in [3.05, 3.63) is 29.3 Å². The minimum Gasteiger partial charge on any atom is -0.398 e. The van der Waals surface area contributed by atoms with Crippen molar-refractivity contribution in [2.24, 2.45) is 0 Å². The van der Waals surface area contributed by atoms with E-state index in [9.17, 15) is 17.8 Å². The molecule has 2 atom stereocenters. The van der Waals surface area contributed by atoms with Crippen LogP contribution in [0.1, 0.15) is 23.7 Å². The van der Waals surface area contributed by atoms with E-state index in [1.807, 2.05) is 0 Å². The normalized spacial score (nSPS) is 13.9. The molecular formula is C12H16F2N2O2S. The van der Waals surface area contributed by atoms with Crippen LogP contribution in [0.2, 0.25) is 0 Å². The van der Waals surface area contributed by atoms with Gasteiger partial charge in [-0.2, -0.15) is 0 Å². The Kier molecular flexibility index (Phi) is 5.41. The molecule has 1 aromatic carbocycles. The molecule has 19 heavy (non-hydrogen) atoms. The monoisotopic (exact) mass is 290 g/mol. The third kappa shape index (κ3) is 4.59. The lowest BCUT2D eigenvalue weighted by atomic mass is 10.1. The molecule has 4 nitrogen and oxygen atoms in total. The zero-order chi connectivity index (χ0) is 14.6. The summed E-state index contributed by atoms with van der Waals surface area (Å²) in [6.45, 7) is 1.74. The molecule has 2 unspecified atom stereocenters. The van der Waals surface area contributed by atoms with Crippen molar-refractivity contribution >= 4 is 22.4 Å². The SMILES string of the molecule is CC(CCS(C)=O)NC(=O)c1cc(F)c(F)cc1N. The number of halogens is 2. The van der Waals surface area contributed by atoms with E-state index in [1.54, 1.807) is 13.2 Å². The van der Waals surface area contributed by atoms with Gasteiger partial charge in [-0.25, -0.2) is 8.78 Å². The van der Waals surface area contributed by atoms with Crippen LogP contribution >= 0.6 is 0 Å². The maximum Gasteiger partial charge on any atom is 0.253 e. The highest BCUT2D eigenvalue weighted by Crippen LogP contribution is 2.17. The molecule has 0 bridgehead atoms. The van der Waals surface area contributed by atoms with Gasteiger partial charge in [-0.05, 0) is 19.4 Å². The molecule has 106 valence electrons. The molecular weight excluding hydrogens is 274 g/mol. The van der Waals surface area contributed by atoms with Crippen molar-refractivity contribution in [3.63, 3.8) is 0 Å². The van der Waals surface area contributed by atoms with Gasteiger partial charge in [0.1, 0.15) is 0 Å². The average molecular weight is 290 g/mol. The Hall–Kier alpha value is -1.50. The Morgan fingerprint density at radius 3 is 2.58 bits per heavy atom. The van der Waals surface area contributed by atoms with E-state index >= 15 is 0 Å². The number of carbonyl (C=O) groups excluding carboxylic acids is 1. The number of nitrogen functional groups attached to an aromatic ring is 1. The van der Waals surface area contributed by atoms with E-state index in [4.69, 9.17) is 5.73 Å². The van der Waals surface area contributed by atoms with Gasteiger partial charge in [0.15, 0.2) is 11.6 Å². The zero-order valence-corrected chi connectivity index (χ0v) is 11.5. The van der Waals surface area contributed by atoms with Gasteiger partial charge in [0.25, 0.3) is 5.91 Å². The third-order valence-electron chi connectivity index (χ3n) is 2.55. The summed E-state index contributed by atoms with van der Waals surface area (Å²) in [5.41, 5.74) is 5.24. The van der Waals surface area contributed by atoms with Gasteiger partial charge in [-0.3, -0.25) is 9.00 Å². The first-order valence-electron chi connectivity index (χ1n) is 5.66. The van der Waals surface area contributed by atoms with Crippen molar-refractivity contribution in [1.82, 2.24) is 5.32 Å². The summed E-state index contributed by atoms with van der Waals surface area (Å²) < 4.78 is 36.9. The maximum absolute atomic E-state index is 13.1. The van der Waals surface area contributed by atoms with Crippen LogP contribution in [0.15, 0.2) is 12.1 Å². The predicted octanol–water partition coefficient (Wildman–Crippen LogP) is 1.43. The molecule has 3 N–H and O–H groups in total. The molecule has 7 heteroatoms. The standard InChI is InChI=1S/C12H16F2N2O2S/c1-7(3-4-19(2)18)16-12(17)8-5-9(13)10(14)6-11(8)15/h5-7H,3-4,15H2,1-2H3,(H,16,17). The Balaban J connectivity index is 2.73. The Bertz CT molecular complexity index is 509. The van der Waals surface area contributed by atoms with Gasteiger partial charge >= 0.3 is 0 Å². The average Bonchev–Trinajstić information content (AvgIpc) is 2.31. The van der Waals surface area contributed by atoms with Crippen molar-refractivity contribution in [2.75, 3.05) is 17.7 Å². The van der Waals surface area contributed by atoms with Crippen molar-refractivity contribution in [3.8, 4) is 0 Å². The van der Waals surface area contributed by atoms with Gasteiger partial charge in [-0.1, -0.05) is 0 Å². The van der Waals surface area contributed by atoms with Crippen molar-refractivity contribution in [1.29, 1.82) is 0 Å². The van der Waals surface area contributed by atoms with Crippen LogP contribution in [0.4, 0.5) is 14.5 Å². The number of anilines is 1. The van der Waals surface area contributed by atoms with Crippen LogP contribution in [0, 0.1) is 11.6 Å². The van der Waals surface area contributed by atoms with E-state index in [0.29, 0.717) is 12.2 Å². The van der Waals surface area contributed by atoms with E-state index in [0.717, 1.165) is 12.1 Å². The van der Waals surface area contributed by atoms with Crippen molar-refractivity contribution in [2.45, 2.75) is 19.4 Å². The van der Waals surface area contributed by atoms with Crippen molar-refractivity contribution < 1.29 is 17.8 Å². The molecule has 0 fully saturated rings. The number of hydrogen-bond donors (Lipinski definition) is 2. The van der Waals surface area contributed by atoms with E-state index in [1.165, 1.54) is 0 Å². The highest BCUT2D eigenvalue weighted by Gasteiger charge is 2.16. The summed E-state index contributed by atoms with van der Waals surface area (Å²) in [6, 6.07) is 1.31. The van der Waals surface area contributed by atoms with Crippen LogP contribution in [-0.4, -0.2) is 28.2 Å². The molecule has 0 aliphatic rings. The number of amides is 1. The fraction of sp³-hybridized carbons (Fsp3) is 0.417. The molecule has 0 spiro atoms.